The Bertz CT molecular complexity index is 1200. The van der Waals surface area contributed by atoms with Crippen LogP contribution >= 0.6 is 0 Å². The molecule has 0 bridgehead atoms. The predicted molar refractivity (Wildman–Crippen MR) is 136 cm³/mol. The number of benzene rings is 2. The number of aromatic nitrogens is 2. The highest BCUT2D eigenvalue weighted by Crippen LogP contribution is 2.34. The maximum atomic E-state index is 5.47. The van der Waals surface area contributed by atoms with E-state index < -0.39 is 0 Å². The second-order valence-corrected chi connectivity index (χ2v) is 8.46. The molecule has 0 unspecified atom stereocenters. The van der Waals surface area contributed by atoms with Gasteiger partial charge in [-0.15, -0.1) is 0 Å². The number of fused-ring (bicyclic) bond motifs is 1. The Morgan fingerprint density at radius 3 is 2.48 bits per heavy atom. The van der Waals surface area contributed by atoms with Crippen molar-refractivity contribution in [2.75, 3.05) is 45.2 Å². The first-order valence-electron chi connectivity index (χ1n) is 11.7. The number of aryl methyl sites for hydroxylation is 1. The van der Waals surface area contributed by atoms with E-state index in [2.05, 4.69) is 70.9 Å². The summed E-state index contributed by atoms with van der Waals surface area (Å²) < 4.78 is 5.47. The van der Waals surface area contributed by atoms with Crippen LogP contribution in [0.25, 0.3) is 33.3 Å². The number of pyridine rings is 2. The summed E-state index contributed by atoms with van der Waals surface area (Å²) in [7, 11) is 1.94. The van der Waals surface area contributed by atoms with Crippen LogP contribution in [-0.2, 0) is 11.2 Å². The lowest BCUT2D eigenvalue weighted by Gasteiger charge is -2.26. The molecule has 3 heterocycles. The maximum absolute atomic E-state index is 5.47. The molecule has 1 fully saturated rings. The Kier molecular flexibility index (Phi) is 6.61. The first-order valence-corrected chi connectivity index (χ1v) is 11.7. The van der Waals surface area contributed by atoms with Gasteiger partial charge in [0.15, 0.2) is 0 Å². The van der Waals surface area contributed by atoms with E-state index in [9.17, 15) is 0 Å². The lowest BCUT2D eigenvalue weighted by Crippen LogP contribution is -2.36. The molecule has 1 aliphatic heterocycles. The second-order valence-electron chi connectivity index (χ2n) is 8.46. The number of nitrogens with one attached hydrogen (secondary N) is 1. The molecule has 0 spiro atoms. The van der Waals surface area contributed by atoms with Gasteiger partial charge in [-0.3, -0.25) is 9.88 Å². The molecule has 5 nitrogen and oxygen atoms in total. The van der Waals surface area contributed by atoms with Crippen LogP contribution in [0.5, 0.6) is 0 Å². The van der Waals surface area contributed by atoms with Gasteiger partial charge in [-0.1, -0.05) is 42.5 Å². The van der Waals surface area contributed by atoms with Crippen molar-refractivity contribution in [2.45, 2.75) is 12.8 Å². The molecule has 0 radical (unpaired) electrons. The van der Waals surface area contributed by atoms with E-state index in [-0.39, 0.29) is 0 Å². The zero-order chi connectivity index (χ0) is 22.5. The number of nitrogens with zero attached hydrogens (tertiary/aromatic N) is 3. The van der Waals surface area contributed by atoms with Gasteiger partial charge in [0.2, 0.25) is 0 Å². The SMILES string of the molecule is CNc1ccc(-c2nc3ccnc(CCCN4CCOCC4)c3cc2-c2ccccc2)cc1. The molecule has 4 aromatic rings. The standard InChI is InChI=1S/C28H30N4O/c1-29-23-11-9-22(10-12-23)28-24(21-6-3-2-4-7-21)20-25-26(30-14-13-27(25)31-28)8-5-15-32-16-18-33-19-17-32/h2-4,6-7,9-14,20,29H,5,8,15-19H2,1H3. The van der Waals surface area contributed by atoms with Gasteiger partial charge in [0.05, 0.1) is 24.4 Å². The summed E-state index contributed by atoms with van der Waals surface area (Å²) in [6.07, 6.45) is 3.93. The highest BCUT2D eigenvalue weighted by Gasteiger charge is 2.15. The summed E-state index contributed by atoms with van der Waals surface area (Å²) in [5.41, 5.74) is 7.64. The third-order valence-corrected chi connectivity index (χ3v) is 6.35. The Morgan fingerprint density at radius 2 is 1.73 bits per heavy atom. The quantitative estimate of drug-likeness (QED) is 0.426. The van der Waals surface area contributed by atoms with Gasteiger partial charge < -0.3 is 10.1 Å². The van der Waals surface area contributed by atoms with Crippen LogP contribution in [0.3, 0.4) is 0 Å². The Balaban J connectivity index is 1.52. The van der Waals surface area contributed by atoms with Crippen molar-refractivity contribution in [3.63, 3.8) is 0 Å². The van der Waals surface area contributed by atoms with Crippen LogP contribution < -0.4 is 5.32 Å². The number of hydrogen-bond acceptors (Lipinski definition) is 5. The van der Waals surface area contributed by atoms with Gasteiger partial charge in [-0.25, -0.2) is 4.98 Å². The monoisotopic (exact) mass is 438 g/mol. The lowest BCUT2D eigenvalue weighted by molar-refractivity contribution is 0.0374. The molecule has 1 aliphatic rings. The molecule has 5 heteroatoms. The molecule has 2 aromatic heterocycles. The molecular weight excluding hydrogens is 408 g/mol. The molecule has 1 saturated heterocycles. The molecule has 0 atom stereocenters. The number of hydrogen-bond donors (Lipinski definition) is 1. The minimum atomic E-state index is 0.842. The minimum absolute atomic E-state index is 0.842. The van der Waals surface area contributed by atoms with E-state index >= 15 is 0 Å². The van der Waals surface area contributed by atoms with Gasteiger partial charge in [-0.2, -0.15) is 0 Å². The number of morpholine rings is 1. The third-order valence-electron chi connectivity index (χ3n) is 6.35. The Morgan fingerprint density at radius 1 is 0.939 bits per heavy atom. The summed E-state index contributed by atoms with van der Waals surface area (Å²) in [6.45, 7) is 4.82. The summed E-state index contributed by atoms with van der Waals surface area (Å²) in [4.78, 5) is 12.4. The highest BCUT2D eigenvalue weighted by molar-refractivity contribution is 5.92. The summed E-state index contributed by atoms with van der Waals surface area (Å²) in [6, 6.07) is 23.3. The molecule has 168 valence electrons. The van der Waals surface area contributed by atoms with Crippen LogP contribution in [0.15, 0.2) is 72.9 Å². The van der Waals surface area contributed by atoms with E-state index in [1.54, 1.807) is 0 Å². The van der Waals surface area contributed by atoms with E-state index in [1.807, 2.05) is 19.3 Å². The minimum Gasteiger partial charge on any atom is -0.388 e. The maximum Gasteiger partial charge on any atom is 0.0788 e. The van der Waals surface area contributed by atoms with Gasteiger partial charge in [0, 0.05) is 54.2 Å². The summed E-state index contributed by atoms with van der Waals surface area (Å²) in [5.74, 6) is 0. The van der Waals surface area contributed by atoms with E-state index in [0.29, 0.717) is 0 Å². The van der Waals surface area contributed by atoms with Crippen LogP contribution in [0.1, 0.15) is 12.1 Å². The van der Waals surface area contributed by atoms with Crippen molar-refractivity contribution in [2.24, 2.45) is 0 Å². The van der Waals surface area contributed by atoms with Crippen molar-refractivity contribution in [3.05, 3.63) is 78.6 Å². The van der Waals surface area contributed by atoms with Crippen molar-refractivity contribution >= 4 is 16.6 Å². The van der Waals surface area contributed by atoms with Gasteiger partial charge >= 0.3 is 0 Å². The van der Waals surface area contributed by atoms with E-state index in [0.717, 1.165) is 84.8 Å². The average molecular weight is 439 g/mol. The summed E-state index contributed by atoms with van der Waals surface area (Å²) >= 11 is 0. The van der Waals surface area contributed by atoms with Crippen LogP contribution in [0, 0.1) is 0 Å². The first-order chi connectivity index (χ1) is 16.3. The van der Waals surface area contributed by atoms with Crippen LogP contribution in [0.2, 0.25) is 0 Å². The Labute approximate surface area is 195 Å². The average Bonchev–Trinajstić information content (AvgIpc) is 2.89. The molecule has 0 amide bonds. The lowest BCUT2D eigenvalue weighted by atomic mass is 9.96. The van der Waals surface area contributed by atoms with Crippen molar-refractivity contribution in [3.8, 4) is 22.4 Å². The zero-order valence-corrected chi connectivity index (χ0v) is 19.1. The molecule has 0 saturated carbocycles. The van der Waals surface area contributed by atoms with Gasteiger partial charge in [-0.05, 0) is 49.2 Å². The second kappa shape index (κ2) is 10.1. The molecular formula is C28H30N4O. The fourth-order valence-corrected chi connectivity index (χ4v) is 4.50. The van der Waals surface area contributed by atoms with Crippen molar-refractivity contribution < 1.29 is 4.74 Å². The fraction of sp³-hybridized carbons (Fsp3) is 0.286. The van der Waals surface area contributed by atoms with E-state index in [1.165, 1.54) is 5.56 Å². The zero-order valence-electron chi connectivity index (χ0n) is 19.1. The predicted octanol–water partition coefficient (Wildman–Crippen LogP) is 5.27. The number of anilines is 1. The number of ether oxygens (including phenoxy) is 1. The summed E-state index contributed by atoms with van der Waals surface area (Å²) in [5, 5.41) is 4.34. The third kappa shape index (κ3) is 4.90. The Hall–Kier alpha value is -3.28. The number of rotatable bonds is 7. The molecule has 2 aromatic carbocycles. The van der Waals surface area contributed by atoms with Crippen LogP contribution in [-0.4, -0.2) is 54.8 Å². The molecule has 33 heavy (non-hydrogen) atoms. The smallest absolute Gasteiger partial charge is 0.0788 e. The van der Waals surface area contributed by atoms with Crippen molar-refractivity contribution in [1.29, 1.82) is 0 Å². The largest absolute Gasteiger partial charge is 0.388 e. The fourth-order valence-electron chi connectivity index (χ4n) is 4.50. The van der Waals surface area contributed by atoms with Crippen molar-refractivity contribution in [1.82, 2.24) is 14.9 Å². The highest BCUT2D eigenvalue weighted by atomic mass is 16.5. The first kappa shape index (κ1) is 21.6. The van der Waals surface area contributed by atoms with Gasteiger partial charge in [0.25, 0.3) is 0 Å². The van der Waals surface area contributed by atoms with Gasteiger partial charge in [0.1, 0.15) is 0 Å². The van der Waals surface area contributed by atoms with Crippen LogP contribution in [0.4, 0.5) is 5.69 Å². The molecule has 0 aliphatic carbocycles. The topological polar surface area (TPSA) is 50.3 Å². The van der Waals surface area contributed by atoms with E-state index in [4.69, 9.17) is 14.7 Å². The normalized spacial score (nSPS) is 14.5. The molecule has 5 rings (SSSR count). The molecule has 1 N–H and O–H groups in total.